The number of anilines is 1. The van der Waals surface area contributed by atoms with Crippen LogP contribution >= 0.6 is 11.6 Å². The van der Waals surface area contributed by atoms with Crippen LogP contribution in [-0.2, 0) is 4.79 Å². The maximum absolute atomic E-state index is 11.4. The Kier molecular flexibility index (Phi) is 4.37. The first-order valence-corrected chi connectivity index (χ1v) is 6.34. The normalized spacial score (nSPS) is 10.1. The van der Waals surface area contributed by atoms with Gasteiger partial charge in [0, 0.05) is 18.0 Å². The lowest BCUT2D eigenvalue weighted by Gasteiger charge is -2.06. The van der Waals surface area contributed by atoms with Gasteiger partial charge in [-0.25, -0.2) is 0 Å². The summed E-state index contributed by atoms with van der Waals surface area (Å²) in [5.74, 6) is 0.283. The van der Waals surface area contributed by atoms with Crippen LogP contribution in [0.4, 0.5) is 5.69 Å². The molecule has 0 fully saturated rings. The molecule has 0 aliphatic heterocycles. The molecule has 2 rings (SSSR count). The molecule has 0 saturated carbocycles. The van der Waals surface area contributed by atoms with Gasteiger partial charge < -0.3 is 5.32 Å². The Morgan fingerprint density at radius 3 is 2.17 bits per heavy atom. The molecule has 3 heteroatoms. The Labute approximate surface area is 112 Å². The molecule has 2 aromatic carbocycles. The standard InChI is InChI=1S/C15H14ClNO/c16-11-10-15(18)17-14-8-6-13(7-9-14)12-4-2-1-3-5-12/h1-9H,10-11H2,(H,17,18). The Morgan fingerprint density at radius 1 is 0.944 bits per heavy atom. The van der Waals surface area contributed by atoms with Crippen molar-refractivity contribution in [2.75, 3.05) is 11.2 Å². The maximum atomic E-state index is 11.4. The molecule has 1 N–H and O–H groups in total. The van der Waals surface area contributed by atoms with Crippen molar-refractivity contribution in [1.82, 2.24) is 0 Å². The van der Waals surface area contributed by atoms with Gasteiger partial charge in [0.2, 0.25) is 5.91 Å². The fourth-order valence-electron chi connectivity index (χ4n) is 1.69. The number of nitrogens with one attached hydrogen (secondary N) is 1. The number of hydrogen-bond donors (Lipinski definition) is 1. The minimum absolute atomic E-state index is 0.0579. The summed E-state index contributed by atoms with van der Waals surface area (Å²) in [4.78, 5) is 11.4. The van der Waals surface area contributed by atoms with Crippen LogP contribution in [0.3, 0.4) is 0 Å². The fourth-order valence-corrected chi connectivity index (χ4v) is 1.86. The van der Waals surface area contributed by atoms with E-state index in [1.54, 1.807) is 0 Å². The van der Waals surface area contributed by atoms with Crippen molar-refractivity contribution in [3.8, 4) is 11.1 Å². The third kappa shape index (κ3) is 3.34. The van der Waals surface area contributed by atoms with Crippen LogP contribution in [0.25, 0.3) is 11.1 Å². The number of amides is 1. The number of benzene rings is 2. The van der Waals surface area contributed by atoms with Crippen molar-refractivity contribution in [1.29, 1.82) is 0 Å². The van der Waals surface area contributed by atoms with Crippen LogP contribution in [0.15, 0.2) is 54.6 Å². The summed E-state index contributed by atoms with van der Waals surface area (Å²) in [5.41, 5.74) is 3.09. The van der Waals surface area contributed by atoms with Gasteiger partial charge >= 0.3 is 0 Å². The number of rotatable bonds is 4. The molecular formula is C15H14ClNO. The quantitative estimate of drug-likeness (QED) is 0.829. The van der Waals surface area contributed by atoms with Gasteiger partial charge in [0.05, 0.1) is 0 Å². The number of carbonyl (C=O) groups is 1. The van der Waals surface area contributed by atoms with Gasteiger partial charge in [0.25, 0.3) is 0 Å². The molecule has 92 valence electrons. The van der Waals surface area contributed by atoms with Crippen LogP contribution in [0.2, 0.25) is 0 Å². The summed E-state index contributed by atoms with van der Waals surface area (Å²) < 4.78 is 0. The Balaban J connectivity index is 2.09. The van der Waals surface area contributed by atoms with Gasteiger partial charge in [-0.3, -0.25) is 4.79 Å². The fraction of sp³-hybridized carbons (Fsp3) is 0.133. The smallest absolute Gasteiger partial charge is 0.225 e. The van der Waals surface area contributed by atoms with Crippen molar-refractivity contribution < 1.29 is 4.79 Å². The molecule has 0 radical (unpaired) electrons. The molecule has 1 amide bonds. The van der Waals surface area contributed by atoms with E-state index < -0.39 is 0 Å². The lowest BCUT2D eigenvalue weighted by atomic mass is 10.1. The van der Waals surface area contributed by atoms with Crippen LogP contribution in [-0.4, -0.2) is 11.8 Å². The highest BCUT2D eigenvalue weighted by Crippen LogP contribution is 2.20. The van der Waals surface area contributed by atoms with Crippen molar-refractivity contribution >= 4 is 23.2 Å². The van der Waals surface area contributed by atoms with Gasteiger partial charge in [-0.15, -0.1) is 11.6 Å². The second kappa shape index (κ2) is 6.22. The molecule has 18 heavy (non-hydrogen) atoms. The monoisotopic (exact) mass is 259 g/mol. The average molecular weight is 260 g/mol. The number of alkyl halides is 1. The molecule has 2 nitrogen and oxygen atoms in total. The van der Waals surface area contributed by atoms with Crippen molar-refractivity contribution in [2.45, 2.75) is 6.42 Å². The SMILES string of the molecule is O=C(CCCl)Nc1ccc(-c2ccccc2)cc1. The van der Waals surface area contributed by atoms with E-state index in [9.17, 15) is 4.79 Å². The third-order valence-electron chi connectivity index (χ3n) is 2.60. The Morgan fingerprint density at radius 2 is 1.56 bits per heavy atom. The van der Waals surface area contributed by atoms with Gasteiger partial charge in [-0.1, -0.05) is 42.5 Å². The number of carbonyl (C=O) groups excluding carboxylic acids is 1. The van der Waals surface area contributed by atoms with Crippen molar-refractivity contribution in [3.63, 3.8) is 0 Å². The Hall–Kier alpha value is -1.80. The zero-order chi connectivity index (χ0) is 12.8. The summed E-state index contributed by atoms with van der Waals surface area (Å²) in [7, 11) is 0. The summed E-state index contributed by atoms with van der Waals surface area (Å²) >= 11 is 5.51. The summed E-state index contributed by atoms with van der Waals surface area (Å²) in [5, 5.41) is 2.80. The molecule has 0 aliphatic rings. The van der Waals surface area contributed by atoms with Crippen molar-refractivity contribution in [2.24, 2.45) is 0 Å². The van der Waals surface area contributed by atoms with Crippen molar-refractivity contribution in [3.05, 3.63) is 54.6 Å². The maximum Gasteiger partial charge on any atom is 0.225 e. The third-order valence-corrected chi connectivity index (χ3v) is 2.79. The molecule has 0 heterocycles. The zero-order valence-corrected chi connectivity index (χ0v) is 10.7. The first-order valence-electron chi connectivity index (χ1n) is 5.81. The minimum Gasteiger partial charge on any atom is -0.326 e. The lowest BCUT2D eigenvalue weighted by molar-refractivity contribution is -0.115. The molecule has 0 unspecified atom stereocenters. The van der Waals surface area contributed by atoms with Gasteiger partial charge in [-0.05, 0) is 23.3 Å². The molecule has 0 bridgehead atoms. The second-order valence-electron chi connectivity index (χ2n) is 3.93. The Bertz CT molecular complexity index is 508. The van der Waals surface area contributed by atoms with Gasteiger partial charge in [0.15, 0.2) is 0 Å². The number of halogens is 1. The second-order valence-corrected chi connectivity index (χ2v) is 4.31. The summed E-state index contributed by atoms with van der Waals surface area (Å²) in [6, 6.07) is 17.9. The highest BCUT2D eigenvalue weighted by molar-refractivity contribution is 6.19. The predicted molar refractivity (Wildman–Crippen MR) is 75.8 cm³/mol. The minimum atomic E-state index is -0.0579. The van der Waals surface area contributed by atoms with Gasteiger partial charge in [0.1, 0.15) is 0 Å². The average Bonchev–Trinajstić information content (AvgIpc) is 2.41. The first-order chi connectivity index (χ1) is 8.79. The van der Waals surface area contributed by atoms with E-state index in [-0.39, 0.29) is 5.91 Å². The summed E-state index contributed by atoms with van der Waals surface area (Å²) in [6.45, 7) is 0. The molecular weight excluding hydrogens is 246 g/mol. The van der Waals surface area contributed by atoms with Crippen LogP contribution in [0, 0.1) is 0 Å². The lowest BCUT2D eigenvalue weighted by Crippen LogP contribution is -2.11. The van der Waals surface area contributed by atoms with Gasteiger partial charge in [-0.2, -0.15) is 0 Å². The van der Waals surface area contributed by atoms with Crippen LogP contribution in [0.5, 0.6) is 0 Å². The molecule has 2 aromatic rings. The van der Waals surface area contributed by atoms with E-state index in [0.29, 0.717) is 12.3 Å². The molecule has 0 aromatic heterocycles. The molecule has 0 atom stereocenters. The van der Waals surface area contributed by atoms with E-state index in [2.05, 4.69) is 17.4 Å². The van der Waals surface area contributed by atoms with E-state index >= 15 is 0 Å². The van der Waals surface area contributed by atoms with Crippen LogP contribution in [0.1, 0.15) is 6.42 Å². The zero-order valence-electron chi connectivity index (χ0n) is 9.90. The highest BCUT2D eigenvalue weighted by atomic mass is 35.5. The van der Waals surface area contributed by atoms with E-state index in [1.165, 1.54) is 0 Å². The highest BCUT2D eigenvalue weighted by Gasteiger charge is 2.01. The molecule has 0 spiro atoms. The number of hydrogen-bond acceptors (Lipinski definition) is 1. The van der Waals surface area contributed by atoms with E-state index in [0.717, 1.165) is 16.8 Å². The summed E-state index contributed by atoms with van der Waals surface area (Å²) in [6.07, 6.45) is 0.335. The molecule has 0 saturated heterocycles. The largest absolute Gasteiger partial charge is 0.326 e. The topological polar surface area (TPSA) is 29.1 Å². The predicted octanol–water partition coefficient (Wildman–Crippen LogP) is 3.92. The molecule has 0 aliphatic carbocycles. The first kappa shape index (κ1) is 12.7. The van der Waals surface area contributed by atoms with E-state index in [1.807, 2.05) is 42.5 Å². The van der Waals surface area contributed by atoms with E-state index in [4.69, 9.17) is 11.6 Å². The van der Waals surface area contributed by atoms with Crippen LogP contribution < -0.4 is 5.32 Å².